The second-order valence-electron chi connectivity index (χ2n) is 16.3. The van der Waals surface area contributed by atoms with E-state index in [0.717, 1.165) is 80.0 Å². The maximum atomic E-state index is 6.00. The number of aromatic amines is 2. The number of ether oxygens (including phenoxy) is 3. The van der Waals surface area contributed by atoms with E-state index in [0.29, 0.717) is 31.3 Å². The first-order valence-electron chi connectivity index (χ1n) is 23.2. The molecule has 71 heavy (non-hydrogen) atoms. The standard InChI is InChI=1S/C30H27N5O.C28H23N5O2/c1-2-24(12-10-22-6-5-7-23(20-22)11-19-30-32-34-35-33-30)25-14-17-28(18-15-25)36-21-27-16-13-26-8-3-4-9-29(26)31-27;1-2-8-27-23(6-1)14-15-24(29-27)20-35-26-7-3-5-22(19-26)11-10-21-12-16-25(17-13-21)34-18-4-9-28-30-32-33-31-28/h2-9,11,13-20H,10,12,21H2,1H3,(H,32,33,34,35);1-8,10-19H,9,20H2,(H,30,31,32,33). The van der Waals surface area contributed by atoms with Crippen molar-refractivity contribution in [2.24, 2.45) is 0 Å². The molecule has 4 heterocycles. The molecule has 0 fully saturated rings. The minimum Gasteiger partial charge on any atom is -0.487 e. The predicted molar refractivity (Wildman–Crippen MR) is 280 cm³/mol. The number of nitrogens with zero attached hydrogens (tertiary/aromatic N) is 8. The fourth-order valence-corrected chi connectivity index (χ4v) is 7.56. The first-order chi connectivity index (χ1) is 35.1. The lowest BCUT2D eigenvalue weighted by atomic mass is 9.97. The molecule has 0 spiro atoms. The highest BCUT2D eigenvalue weighted by atomic mass is 16.5. The molecular formula is C58H50N10O3. The van der Waals surface area contributed by atoms with Gasteiger partial charge in [-0.2, -0.15) is 10.4 Å². The molecule has 0 aliphatic carbocycles. The molecule has 10 aromatic rings. The Morgan fingerprint density at radius 2 is 1.17 bits per heavy atom. The van der Waals surface area contributed by atoms with Gasteiger partial charge in [0, 0.05) is 17.2 Å². The van der Waals surface area contributed by atoms with E-state index in [1.807, 2.05) is 127 Å². The summed E-state index contributed by atoms with van der Waals surface area (Å²) in [5, 5.41) is 29.9. The number of aromatic nitrogens is 10. The number of fused-ring (bicyclic) bond motifs is 2. The molecule has 0 aliphatic rings. The van der Waals surface area contributed by atoms with Crippen molar-refractivity contribution in [2.75, 3.05) is 0 Å². The summed E-state index contributed by atoms with van der Waals surface area (Å²) in [7, 11) is 0. The van der Waals surface area contributed by atoms with E-state index in [1.54, 1.807) is 6.26 Å². The summed E-state index contributed by atoms with van der Waals surface area (Å²) in [5.74, 6) is 3.58. The summed E-state index contributed by atoms with van der Waals surface area (Å²) in [6, 6.07) is 57.1. The van der Waals surface area contributed by atoms with E-state index in [9.17, 15) is 0 Å². The zero-order valence-corrected chi connectivity index (χ0v) is 39.0. The van der Waals surface area contributed by atoms with Gasteiger partial charge in [-0.3, -0.25) is 0 Å². The monoisotopic (exact) mass is 934 g/mol. The summed E-state index contributed by atoms with van der Waals surface area (Å²) in [4.78, 5) is 9.35. The molecule has 10 rings (SSSR count). The molecule has 350 valence electrons. The highest BCUT2D eigenvalue weighted by molar-refractivity contribution is 5.79. The van der Waals surface area contributed by atoms with Crippen LogP contribution >= 0.6 is 0 Å². The third-order valence-corrected chi connectivity index (χ3v) is 11.3. The second kappa shape index (κ2) is 24.1. The fraction of sp³-hybridized carbons (Fsp3) is 0.103. The van der Waals surface area contributed by atoms with Crippen molar-refractivity contribution >= 4 is 51.7 Å². The Morgan fingerprint density at radius 3 is 1.86 bits per heavy atom. The molecule has 0 aliphatic heterocycles. The van der Waals surface area contributed by atoms with Crippen LogP contribution in [0.1, 0.15) is 64.2 Å². The highest BCUT2D eigenvalue weighted by Crippen LogP contribution is 2.25. The van der Waals surface area contributed by atoms with Gasteiger partial charge in [-0.15, -0.1) is 20.4 Å². The van der Waals surface area contributed by atoms with Gasteiger partial charge >= 0.3 is 0 Å². The Balaban J connectivity index is 0.000000176. The van der Waals surface area contributed by atoms with Crippen LogP contribution in [0.2, 0.25) is 0 Å². The molecule has 0 unspecified atom stereocenters. The van der Waals surface area contributed by atoms with Crippen LogP contribution in [-0.4, -0.2) is 51.2 Å². The number of hydrogen-bond donors (Lipinski definition) is 2. The van der Waals surface area contributed by atoms with E-state index < -0.39 is 0 Å². The van der Waals surface area contributed by atoms with Gasteiger partial charge in [0.2, 0.25) is 0 Å². The van der Waals surface area contributed by atoms with Crippen molar-refractivity contribution in [3.05, 3.63) is 239 Å². The van der Waals surface area contributed by atoms with Crippen molar-refractivity contribution in [1.29, 1.82) is 0 Å². The minimum atomic E-state index is 0.420. The van der Waals surface area contributed by atoms with Gasteiger partial charge in [0.15, 0.2) is 11.6 Å². The Hall–Kier alpha value is -9.36. The van der Waals surface area contributed by atoms with Crippen molar-refractivity contribution in [1.82, 2.24) is 51.2 Å². The van der Waals surface area contributed by atoms with Crippen LogP contribution in [0.25, 0.3) is 51.7 Å². The number of tetrazole rings is 2. The molecule has 0 radical (unpaired) electrons. The lowest BCUT2D eigenvalue weighted by Crippen LogP contribution is -1.98. The minimum absolute atomic E-state index is 0.420. The molecule has 13 heteroatoms. The molecule has 4 aromatic heterocycles. The van der Waals surface area contributed by atoms with Gasteiger partial charge in [-0.1, -0.05) is 139 Å². The normalized spacial score (nSPS) is 11.6. The van der Waals surface area contributed by atoms with Crippen LogP contribution in [0.4, 0.5) is 0 Å². The summed E-state index contributed by atoms with van der Waals surface area (Å²) in [6.07, 6.45) is 16.1. The topological polar surface area (TPSA) is 162 Å². The largest absolute Gasteiger partial charge is 0.487 e. The van der Waals surface area contributed by atoms with Gasteiger partial charge in [0.25, 0.3) is 0 Å². The average molecular weight is 935 g/mol. The van der Waals surface area contributed by atoms with Gasteiger partial charge in [0.1, 0.15) is 30.5 Å². The number of rotatable bonds is 18. The summed E-state index contributed by atoms with van der Waals surface area (Å²) < 4.78 is 17.6. The number of allylic oxidation sites excluding steroid dienone is 3. The van der Waals surface area contributed by atoms with Crippen LogP contribution in [0.15, 0.2) is 188 Å². The number of para-hydroxylation sites is 2. The SMILES string of the molecule is C(=COc1ccc(C=Cc2cccc(OCc3ccc4ccccc4n3)c2)cc1)Cc1nn[nH]n1.CC=C(CCc1cccc(C=Cc2nn[nH]n2)c1)c1ccc(OCc2ccc3ccccc3n2)cc1. The number of hydrogen-bond acceptors (Lipinski definition) is 11. The van der Waals surface area contributed by atoms with Crippen molar-refractivity contribution in [3.63, 3.8) is 0 Å². The highest BCUT2D eigenvalue weighted by Gasteiger charge is 2.06. The molecule has 2 N–H and O–H groups in total. The molecule has 0 atom stereocenters. The van der Waals surface area contributed by atoms with Gasteiger partial charge in [-0.25, -0.2) is 9.97 Å². The Bertz CT molecular complexity index is 3390. The lowest BCUT2D eigenvalue weighted by Gasteiger charge is -2.11. The Morgan fingerprint density at radius 1 is 0.535 bits per heavy atom. The fourth-order valence-electron chi connectivity index (χ4n) is 7.56. The quantitative estimate of drug-likeness (QED) is 0.0622. The maximum absolute atomic E-state index is 6.00. The molecule has 6 aromatic carbocycles. The number of nitrogens with one attached hydrogen (secondary N) is 2. The van der Waals surface area contributed by atoms with Crippen LogP contribution in [0.5, 0.6) is 17.2 Å². The zero-order valence-electron chi connectivity index (χ0n) is 39.0. The third kappa shape index (κ3) is 13.9. The summed E-state index contributed by atoms with van der Waals surface area (Å²) >= 11 is 0. The van der Waals surface area contributed by atoms with E-state index in [4.69, 9.17) is 14.2 Å². The van der Waals surface area contributed by atoms with Crippen molar-refractivity contribution < 1.29 is 14.2 Å². The van der Waals surface area contributed by atoms with E-state index in [1.165, 1.54) is 16.7 Å². The summed E-state index contributed by atoms with van der Waals surface area (Å²) in [6.45, 7) is 2.95. The molecule has 13 nitrogen and oxygen atoms in total. The molecule has 0 saturated heterocycles. The third-order valence-electron chi connectivity index (χ3n) is 11.3. The Labute approximate surface area is 411 Å². The van der Waals surface area contributed by atoms with Gasteiger partial charge in [0.05, 0.1) is 28.7 Å². The van der Waals surface area contributed by atoms with Crippen LogP contribution < -0.4 is 14.2 Å². The lowest BCUT2D eigenvalue weighted by molar-refractivity contribution is 0.301. The van der Waals surface area contributed by atoms with Crippen molar-refractivity contribution in [3.8, 4) is 17.2 Å². The van der Waals surface area contributed by atoms with Gasteiger partial charge in [-0.05, 0) is 131 Å². The number of benzene rings is 6. The van der Waals surface area contributed by atoms with Crippen LogP contribution in [0.3, 0.4) is 0 Å². The van der Waals surface area contributed by atoms with Crippen LogP contribution in [-0.2, 0) is 26.1 Å². The molecule has 0 amide bonds. The van der Waals surface area contributed by atoms with Crippen molar-refractivity contribution in [2.45, 2.75) is 39.4 Å². The summed E-state index contributed by atoms with van der Waals surface area (Å²) in [5.41, 5.74) is 10.8. The second-order valence-corrected chi connectivity index (χ2v) is 16.3. The first-order valence-corrected chi connectivity index (χ1v) is 23.2. The maximum Gasteiger partial charge on any atom is 0.197 e. The van der Waals surface area contributed by atoms with E-state index >= 15 is 0 Å². The number of H-pyrrole nitrogens is 2. The van der Waals surface area contributed by atoms with E-state index in [2.05, 4.69) is 137 Å². The zero-order chi connectivity index (χ0) is 48.3. The molecule has 0 bridgehead atoms. The smallest absolute Gasteiger partial charge is 0.197 e. The van der Waals surface area contributed by atoms with E-state index in [-0.39, 0.29) is 0 Å². The van der Waals surface area contributed by atoms with Gasteiger partial charge < -0.3 is 14.2 Å². The number of pyridine rings is 2. The van der Waals surface area contributed by atoms with Crippen LogP contribution in [0, 0.1) is 0 Å². The first kappa shape index (κ1) is 46.7. The molecular weight excluding hydrogens is 885 g/mol. The predicted octanol–water partition coefficient (Wildman–Crippen LogP) is 12.2. The average Bonchev–Trinajstić information content (AvgIpc) is 4.17. The number of aryl methyl sites for hydroxylation is 1. The molecule has 0 saturated carbocycles. The Kier molecular flexibility index (Phi) is 15.9.